The van der Waals surface area contributed by atoms with Crippen LogP contribution in [0.2, 0.25) is 0 Å². The molecular weight excluding hydrogens is 279 g/mol. The van der Waals surface area contributed by atoms with Crippen molar-refractivity contribution in [3.05, 3.63) is 0 Å². The molecule has 9 heteroatoms. The summed E-state index contributed by atoms with van der Waals surface area (Å²) in [5.41, 5.74) is 0. The van der Waals surface area contributed by atoms with Gasteiger partial charge in [-0.3, -0.25) is 0 Å². The predicted octanol–water partition coefficient (Wildman–Crippen LogP) is -3.46. The summed E-state index contributed by atoms with van der Waals surface area (Å²) in [4.78, 5) is 32.7. The first kappa shape index (κ1) is 30.1. The van der Waals surface area contributed by atoms with Crippen LogP contribution in [0.4, 0.5) is 0 Å². The van der Waals surface area contributed by atoms with Gasteiger partial charge in [0.2, 0.25) is 0 Å². The summed E-state index contributed by atoms with van der Waals surface area (Å²) in [7, 11) is 4.67. The standard InChI is InChI=1S/4H2OP.Zr/c4*1-2;/h4*2H2;/q4*-1;+4. The third kappa shape index (κ3) is 125. The molecule has 4 unspecified atom stereocenters. The summed E-state index contributed by atoms with van der Waals surface area (Å²) >= 11 is 0. The monoisotopic (exact) mass is 286 g/mol. The van der Waals surface area contributed by atoms with E-state index in [9.17, 15) is 0 Å². The van der Waals surface area contributed by atoms with Gasteiger partial charge in [0.15, 0.2) is 0 Å². The van der Waals surface area contributed by atoms with Crippen LogP contribution in [0, 0.1) is 0 Å². The first-order chi connectivity index (χ1) is 4.00. The van der Waals surface area contributed by atoms with Crippen molar-refractivity contribution in [2.24, 2.45) is 0 Å². The van der Waals surface area contributed by atoms with Crippen molar-refractivity contribution in [3.63, 3.8) is 0 Å². The van der Waals surface area contributed by atoms with Crippen LogP contribution in [-0.2, 0) is 26.2 Å². The first-order valence-corrected chi connectivity index (χ1v) is 2.83. The van der Waals surface area contributed by atoms with Gasteiger partial charge in [-0.05, 0) is 0 Å². The van der Waals surface area contributed by atoms with E-state index in [1.165, 1.54) is 37.9 Å². The maximum Gasteiger partial charge on any atom is 4.00 e. The average Bonchev–Trinajstić information content (AvgIpc) is 2.03. The zero-order valence-corrected chi connectivity index (χ0v) is 11.5. The minimum Gasteiger partial charge on any atom is -0.834 e. The van der Waals surface area contributed by atoms with Crippen molar-refractivity contribution in [1.82, 2.24) is 0 Å². The van der Waals surface area contributed by atoms with E-state index in [0.717, 1.165) is 0 Å². The van der Waals surface area contributed by atoms with Crippen LogP contribution >= 0.6 is 37.9 Å². The fourth-order valence-corrected chi connectivity index (χ4v) is 0. The summed E-state index contributed by atoms with van der Waals surface area (Å²) in [6.45, 7) is 0. The van der Waals surface area contributed by atoms with E-state index in [1.54, 1.807) is 0 Å². The molecule has 56 valence electrons. The molecule has 0 spiro atoms. The topological polar surface area (TPSA) is 92.2 Å². The molecule has 0 amide bonds. The van der Waals surface area contributed by atoms with E-state index in [4.69, 9.17) is 19.6 Å². The second-order valence-corrected chi connectivity index (χ2v) is 0. The fourth-order valence-electron chi connectivity index (χ4n) is 0. The Morgan fingerprint density at radius 1 is 0.444 bits per heavy atom. The van der Waals surface area contributed by atoms with E-state index in [2.05, 4.69) is 0 Å². The van der Waals surface area contributed by atoms with Gasteiger partial charge in [0, 0.05) is 0 Å². The summed E-state index contributed by atoms with van der Waals surface area (Å²) in [5.74, 6) is 0. The van der Waals surface area contributed by atoms with Crippen LogP contribution in [0.15, 0.2) is 0 Å². The zero-order chi connectivity index (χ0) is 8.00. The van der Waals surface area contributed by atoms with Crippen LogP contribution < -0.4 is 19.6 Å². The first-order valence-electron chi connectivity index (χ1n) is 0.943. The number of hydrogen-bond acceptors (Lipinski definition) is 4. The second kappa shape index (κ2) is 156. The van der Waals surface area contributed by atoms with Crippen LogP contribution in [-0.4, -0.2) is 0 Å². The Balaban J connectivity index is -0.00000000762. The molecule has 0 rings (SSSR count). The van der Waals surface area contributed by atoms with Crippen molar-refractivity contribution < 1.29 is 45.8 Å². The van der Waals surface area contributed by atoms with E-state index in [0.29, 0.717) is 0 Å². The molecule has 0 heterocycles. The number of hydrogen-bond donors (Lipinski definition) is 0. The Morgan fingerprint density at radius 2 is 0.444 bits per heavy atom. The van der Waals surface area contributed by atoms with E-state index < -0.39 is 0 Å². The Bertz CT molecular complexity index is 12.5. The van der Waals surface area contributed by atoms with Crippen LogP contribution in [0.1, 0.15) is 0 Å². The molecule has 0 fully saturated rings. The molecule has 0 aromatic rings. The van der Waals surface area contributed by atoms with Crippen molar-refractivity contribution >= 4 is 37.9 Å². The molecule has 0 aromatic carbocycles. The molecule has 0 N–H and O–H groups in total. The molecule has 4 atom stereocenters. The van der Waals surface area contributed by atoms with Gasteiger partial charge < -0.3 is 19.6 Å². The minimum atomic E-state index is 0. The Hall–Kier alpha value is 2.44. The Kier molecular flexibility index (Phi) is 521. The van der Waals surface area contributed by atoms with Crippen molar-refractivity contribution in [2.75, 3.05) is 0 Å². The van der Waals surface area contributed by atoms with Crippen LogP contribution in [0.25, 0.3) is 0 Å². The summed E-state index contributed by atoms with van der Waals surface area (Å²) in [5, 5.41) is 0. The van der Waals surface area contributed by atoms with Crippen molar-refractivity contribution in [1.29, 1.82) is 0 Å². The molecule has 4 nitrogen and oxygen atoms in total. The van der Waals surface area contributed by atoms with Gasteiger partial charge in [0.25, 0.3) is 0 Å². The Labute approximate surface area is 83.5 Å². The van der Waals surface area contributed by atoms with Gasteiger partial charge in [-0.1, -0.05) is 0 Å². The third-order valence-electron chi connectivity index (χ3n) is 0. The fraction of sp³-hybridized carbons (Fsp3) is 0. The van der Waals surface area contributed by atoms with Gasteiger partial charge in [-0.15, -0.1) is 0 Å². The maximum absolute atomic E-state index is 8.17. The SMILES string of the molecule is [O-]P.[O-]P.[O-]P.[O-]P.[Zr+4]. The van der Waals surface area contributed by atoms with Gasteiger partial charge in [-0.25, -0.2) is 37.9 Å². The largest absolute Gasteiger partial charge is 4.00 e. The zero-order valence-electron chi connectivity index (χ0n) is 4.44. The van der Waals surface area contributed by atoms with E-state index >= 15 is 0 Å². The predicted molar refractivity (Wildman–Crippen MR) is 38.8 cm³/mol. The quantitative estimate of drug-likeness (QED) is 0.433. The molecule has 0 aliphatic carbocycles. The molecular formula is H8O4P4Zr. The molecule has 0 saturated heterocycles. The smallest absolute Gasteiger partial charge is 0.834 e. The maximum atomic E-state index is 8.17. The van der Waals surface area contributed by atoms with Crippen molar-refractivity contribution in [3.8, 4) is 0 Å². The molecule has 0 bridgehead atoms. The second-order valence-electron chi connectivity index (χ2n) is 0. The third-order valence-corrected chi connectivity index (χ3v) is 0. The molecule has 9 heavy (non-hydrogen) atoms. The molecule has 0 radical (unpaired) electrons. The molecule has 0 saturated carbocycles. The van der Waals surface area contributed by atoms with Crippen molar-refractivity contribution in [2.45, 2.75) is 0 Å². The minimum absolute atomic E-state index is 0. The van der Waals surface area contributed by atoms with Gasteiger partial charge in [0.1, 0.15) is 0 Å². The number of rotatable bonds is 0. The molecule has 0 aliphatic heterocycles. The summed E-state index contributed by atoms with van der Waals surface area (Å²) in [6.07, 6.45) is 0. The molecule has 0 aromatic heterocycles. The van der Waals surface area contributed by atoms with Crippen LogP contribution in [0.5, 0.6) is 0 Å². The van der Waals surface area contributed by atoms with Gasteiger partial charge in [0.05, 0.1) is 0 Å². The average molecular weight is 287 g/mol. The van der Waals surface area contributed by atoms with Gasteiger partial charge >= 0.3 is 26.2 Å². The van der Waals surface area contributed by atoms with E-state index in [1.807, 2.05) is 0 Å². The Morgan fingerprint density at radius 3 is 0.444 bits per heavy atom. The molecule has 0 aliphatic rings. The normalized spacial score (nSPS) is 2.67. The summed E-state index contributed by atoms with van der Waals surface area (Å²) < 4.78 is 0. The van der Waals surface area contributed by atoms with E-state index in [-0.39, 0.29) is 26.2 Å². The summed E-state index contributed by atoms with van der Waals surface area (Å²) in [6, 6.07) is 0. The van der Waals surface area contributed by atoms with Gasteiger partial charge in [-0.2, -0.15) is 0 Å². The van der Waals surface area contributed by atoms with Crippen LogP contribution in [0.3, 0.4) is 0 Å².